The fourth-order valence-corrected chi connectivity index (χ4v) is 2.38. The Hall–Kier alpha value is -2.43. The SMILES string of the molecule is COc1ccc2c(c1)C(=O)CC(c1cc(F)cc(F)c1)O2. The van der Waals surface area contributed by atoms with Gasteiger partial charge in [-0.2, -0.15) is 0 Å². The van der Waals surface area contributed by atoms with Crippen molar-refractivity contribution in [3.05, 3.63) is 59.2 Å². The fraction of sp³-hybridized carbons (Fsp3) is 0.188. The van der Waals surface area contributed by atoms with E-state index in [1.807, 2.05) is 0 Å². The van der Waals surface area contributed by atoms with E-state index in [1.165, 1.54) is 19.2 Å². The van der Waals surface area contributed by atoms with Crippen molar-refractivity contribution in [3.8, 4) is 11.5 Å². The molecule has 108 valence electrons. The van der Waals surface area contributed by atoms with Gasteiger partial charge in [0.15, 0.2) is 5.78 Å². The minimum atomic E-state index is -0.693. The van der Waals surface area contributed by atoms with Gasteiger partial charge in [0.2, 0.25) is 0 Å². The van der Waals surface area contributed by atoms with Crippen molar-refractivity contribution in [2.45, 2.75) is 12.5 Å². The van der Waals surface area contributed by atoms with Crippen LogP contribution in [0.5, 0.6) is 11.5 Å². The zero-order valence-corrected chi connectivity index (χ0v) is 11.2. The van der Waals surface area contributed by atoms with Crippen LogP contribution in [0.15, 0.2) is 36.4 Å². The summed E-state index contributed by atoms with van der Waals surface area (Å²) in [5.74, 6) is -0.587. The highest BCUT2D eigenvalue weighted by molar-refractivity contribution is 6.00. The second-order valence-electron chi connectivity index (χ2n) is 4.80. The molecule has 0 saturated heterocycles. The van der Waals surface area contributed by atoms with Gasteiger partial charge in [-0.05, 0) is 35.9 Å². The Morgan fingerprint density at radius 2 is 1.86 bits per heavy atom. The van der Waals surface area contributed by atoms with Gasteiger partial charge in [0.05, 0.1) is 19.1 Å². The van der Waals surface area contributed by atoms with Crippen LogP contribution in [0, 0.1) is 11.6 Å². The molecule has 3 nitrogen and oxygen atoms in total. The van der Waals surface area contributed by atoms with Crippen molar-refractivity contribution < 1.29 is 23.0 Å². The first-order chi connectivity index (χ1) is 10.1. The van der Waals surface area contributed by atoms with E-state index >= 15 is 0 Å². The number of Topliss-reactive ketones (excluding diaryl/α,β-unsaturated/α-hetero) is 1. The van der Waals surface area contributed by atoms with E-state index in [2.05, 4.69) is 0 Å². The van der Waals surface area contributed by atoms with Gasteiger partial charge in [-0.3, -0.25) is 4.79 Å². The number of hydrogen-bond acceptors (Lipinski definition) is 3. The smallest absolute Gasteiger partial charge is 0.170 e. The molecule has 0 spiro atoms. The average molecular weight is 290 g/mol. The predicted octanol–water partition coefficient (Wildman–Crippen LogP) is 3.68. The van der Waals surface area contributed by atoms with E-state index < -0.39 is 17.7 Å². The lowest BCUT2D eigenvalue weighted by Crippen LogP contribution is -2.20. The summed E-state index contributed by atoms with van der Waals surface area (Å²) >= 11 is 0. The second-order valence-corrected chi connectivity index (χ2v) is 4.80. The van der Waals surface area contributed by atoms with Crippen molar-refractivity contribution in [2.24, 2.45) is 0 Å². The standard InChI is InChI=1S/C16H12F2O3/c1-20-12-2-3-15-13(7-12)14(19)8-16(21-15)9-4-10(17)6-11(18)5-9/h2-7,16H,8H2,1H3. The molecule has 1 unspecified atom stereocenters. The Labute approximate surface area is 120 Å². The molecule has 21 heavy (non-hydrogen) atoms. The molecule has 5 heteroatoms. The van der Waals surface area contributed by atoms with E-state index in [1.54, 1.807) is 18.2 Å². The third kappa shape index (κ3) is 2.59. The van der Waals surface area contributed by atoms with E-state index in [4.69, 9.17) is 9.47 Å². The predicted molar refractivity (Wildman–Crippen MR) is 71.7 cm³/mol. The monoisotopic (exact) mass is 290 g/mol. The summed E-state index contributed by atoms with van der Waals surface area (Å²) in [5.41, 5.74) is 0.727. The third-order valence-corrected chi connectivity index (χ3v) is 3.38. The maximum absolute atomic E-state index is 13.3. The molecule has 1 atom stereocenters. The number of halogens is 2. The molecule has 2 aromatic rings. The van der Waals surface area contributed by atoms with Crippen molar-refractivity contribution in [2.75, 3.05) is 7.11 Å². The number of hydrogen-bond donors (Lipinski definition) is 0. The number of carbonyl (C=O) groups excluding carboxylic acids is 1. The Morgan fingerprint density at radius 1 is 1.14 bits per heavy atom. The van der Waals surface area contributed by atoms with Crippen molar-refractivity contribution >= 4 is 5.78 Å². The van der Waals surface area contributed by atoms with E-state index in [0.717, 1.165) is 6.07 Å². The molecular weight excluding hydrogens is 278 g/mol. The number of ether oxygens (including phenoxy) is 2. The molecule has 3 rings (SSSR count). The minimum absolute atomic E-state index is 0.0308. The third-order valence-electron chi connectivity index (χ3n) is 3.38. The van der Waals surface area contributed by atoms with Crippen LogP contribution in [0.3, 0.4) is 0 Å². The summed E-state index contributed by atoms with van der Waals surface area (Å²) in [4.78, 5) is 12.2. The van der Waals surface area contributed by atoms with Gasteiger partial charge in [0.25, 0.3) is 0 Å². The maximum atomic E-state index is 13.3. The van der Waals surface area contributed by atoms with Gasteiger partial charge >= 0.3 is 0 Å². The van der Waals surface area contributed by atoms with Gasteiger partial charge in [-0.1, -0.05) is 0 Å². The van der Waals surface area contributed by atoms with Gasteiger partial charge in [-0.15, -0.1) is 0 Å². The first-order valence-corrected chi connectivity index (χ1v) is 6.40. The number of benzene rings is 2. The molecule has 0 amide bonds. The van der Waals surface area contributed by atoms with Gasteiger partial charge in [0, 0.05) is 6.07 Å². The number of rotatable bonds is 2. The molecular formula is C16H12F2O3. The minimum Gasteiger partial charge on any atom is -0.497 e. The van der Waals surface area contributed by atoms with E-state index in [0.29, 0.717) is 22.6 Å². The molecule has 0 N–H and O–H groups in total. The molecule has 0 fully saturated rings. The summed E-state index contributed by atoms with van der Waals surface area (Å²) < 4.78 is 37.3. The Kier molecular flexibility index (Phi) is 3.33. The fourth-order valence-electron chi connectivity index (χ4n) is 2.38. The lowest BCUT2D eigenvalue weighted by molar-refractivity contribution is 0.0848. The molecule has 2 aromatic carbocycles. The molecule has 1 heterocycles. The van der Waals surface area contributed by atoms with Gasteiger partial charge in [-0.25, -0.2) is 8.78 Å². The topological polar surface area (TPSA) is 35.5 Å². The number of carbonyl (C=O) groups is 1. The molecule has 0 aliphatic carbocycles. The highest BCUT2D eigenvalue weighted by atomic mass is 19.1. The van der Waals surface area contributed by atoms with Crippen LogP contribution in [0.4, 0.5) is 8.78 Å². The molecule has 1 aliphatic heterocycles. The first kappa shape index (κ1) is 13.5. The Morgan fingerprint density at radius 3 is 2.52 bits per heavy atom. The van der Waals surface area contributed by atoms with E-state index in [9.17, 15) is 13.6 Å². The number of methoxy groups -OCH3 is 1. The maximum Gasteiger partial charge on any atom is 0.170 e. The number of fused-ring (bicyclic) bond motifs is 1. The number of ketones is 1. The van der Waals surface area contributed by atoms with Gasteiger partial charge in [0.1, 0.15) is 29.2 Å². The highest BCUT2D eigenvalue weighted by Gasteiger charge is 2.28. The van der Waals surface area contributed by atoms with Crippen LogP contribution in [-0.2, 0) is 0 Å². The molecule has 0 aromatic heterocycles. The molecule has 0 radical (unpaired) electrons. The summed E-state index contributed by atoms with van der Waals surface area (Å²) in [7, 11) is 1.51. The summed E-state index contributed by atoms with van der Waals surface area (Å²) in [5, 5.41) is 0. The van der Waals surface area contributed by atoms with Crippen LogP contribution < -0.4 is 9.47 Å². The van der Waals surface area contributed by atoms with Crippen LogP contribution >= 0.6 is 0 Å². The van der Waals surface area contributed by atoms with Gasteiger partial charge < -0.3 is 9.47 Å². The van der Waals surface area contributed by atoms with Crippen LogP contribution in [0.25, 0.3) is 0 Å². The van der Waals surface area contributed by atoms with Crippen LogP contribution in [0.2, 0.25) is 0 Å². The first-order valence-electron chi connectivity index (χ1n) is 6.40. The highest BCUT2D eigenvalue weighted by Crippen LogP contribution is 2.36. The Balaban J connectivity index is 1.96. The average Bonchev–Trinajstić information content (AvgIpc) is 2.46. The Bertz CT molecular complexity index is 692. The largest absolute Gasteiger partial charge is 0.497 e. The summed E-state index contributed by atoms with van der Waals surface area (Å²) in [6.07, 6.45) is -0.660. The lowest BCUT2D eigenvalue weighted by atomic mass is 9.96. The van der Waals surface area contributed by atoms with Crippen molar-refractivity contribution in [1.29, 1.82) is 0 Å². The molecule has 1 aliphatic rings. The van der Waals surface area contributed by atoms with Crippen molar-refractivity contribution in [1.82, 2.24) is 0 Å². The second kappa shape index (κ2) is 5.16. The lowest BCUT2D eigenvalue weighted by Gasteiger charge is -2.25. The molecule has 0 saturated carbocycles. The quantitative estimate of drug-likeness (QED) is 0.846. The van der Waals surface area contributed by atoms with Crippen LogP contribution in [0.1, 0.15) is 28.4 Å². The summed E-state index contributed by atoms with van der Waals surface area (Å²) in [6.45, 7) is 0. The van der Waals surface area contributed by atoms with E-state index in [-0.39, 0.29) is 12.2 Å². The molecule has 0 bridgehead atoms. The summed E-state index contributed by atoms with van der Waals surface area (Å²) in [6, 6.07) is 8.02. The van der Waals surface area contributed by atoms with Crippen LogP contribution in [-0.4, -0.2) is 12.9 Å². The zero-order valence-electron chi connectivity index (χ0n) is 11.2. The van der Waals surface area contributed by atoms with Crippen molar-refractivity contribution in [3.63, 3.8) is 0 Å². The zero-order chi connectivity index (χ0) is 15.0. The normalized spacial score (nSPS) is 17.1.